The van der Waals surface area contributed by atoms with Gasteiger partial charge in [-0.2, -0.15) is 0 Å². The van der Waals surface area contributed by atoms with Gasteiger partial charge in [-0.3, -0.25) is 4.79 Å². The number of carbonyl (C=O) groups excluding carboxylic acids is 1. The minimum absolute atomic E-state index is 0.0190. The van der Waals surface area contributed by atoms with E-state index in [9.17, 15) is 9.59 Å². The zero-order valence-electron chi connectivity index (χ0n) is 6.70. The first-order chi connectivity index (χ1) is 5.45. The Kier molecular flexibility index (Phi) is 3.99. The predicted octanol–water partition coefficient (Wildman–Crippen LogP) is -0.876. The quantitative estimate of drug-likeness (QED) is 0.293. The molecule has 0 aromatic rings. The molecule has 5 heteroatoms. The van der Waals surface area contributed by atoms with Crippen molar-refractivity contribution in [2.75, 3.05) is 6.54 Å². The van der Waals surface area contributed by atoms with Gasteiger partial charge in [-0.15, -0.1) is 0 Å². The van der Waals surface area contributed by atoms with E-state index >= 15 is 0 Å². The van der Waals surface area contributed by atoms with Gasteiger partial charge in [-0.1, -0.05) is 6.58 Å². The average molecular weight is 173 g/mol. The lowest BCUT2D eigenvalue weighted by Crippen LogP contribution is -2.33. The van der Waals surface area contributed by atoms with Crippen molar-refractivity contribution >= 4 is 11.9 Å². The molecule has 0 aliphatic carbocycles. The van der Waals surface area contributed by atoms with Crippen molar-refractivity contribution in [1.29, 1.82) is 0 Å². The summed E-state index contributed by atoms with van der Waals surface area (Å²) in [5, 5.41) is 19.2. The van der Waals surface area contributed by atoms with E-state index in [0.29, 0.717) is 0 Å². The Balaban J connectivity index is 3.89. The van der Waals surface area contributed by atoms with Crippen LogP contribution >= 0.6 is 0 Å². The summed E-state index contributed by atoms with van der Waals surface area (Å²) >= 11 is 0. The Hall–Kier alpha value is -1.36. The van der Waals surface area contributed by atoms with Crippen LogP contribution in [0.2, 0.25) is 0 Å². The summed E-state index contributed by atoms with van der Waals surface area (Å²) in [7, 11) is 0. The maximum atomic E-state index is 10.8. The first-order valence-electron chi connectivity index (χ1n) is 3.33. The lowest BCUT2D eigenvalue weighted by atomic mass is 10.3. The Morgan fingerprint density at radius 1 is 1.58 bits per heavy atom. The minimum atomic E-state index is -1.36. The topological polar surface area (TPSA) is 86.6 Å². The van der Waals surface area contributed by atoms with Crippen LogP contribution in [-0.2, 0) is 9.59 Å². The maximum absolute atomic E-state index is 10.8. The van der Waals surface area contributed by atoms with Crippen LogP contribution < -0.4 is 5.32 Å². The van der Waals surface area contributed by atoms with Crippen LogP contribution in [0.5, 0.6) is 0 Å². The van der Waals surface area contributed by atoms with Gasteiger partial charge in [0.2, 0.25) is 0 Å². The molecule has 0 aliphatic heterocycles. The zero-order chi connectivity index (χ0) is 9.72. The highest BCUT2D eigenvalue weighted by Crippen LogP contribution is 1.89. The number of carboxylic acids is 1. The van der Waals surface area contributed by atoms with Crippen LogP contribution in [0.15, 0.2) is 12.2 Å². The van der Waals surface area contributed by atoms with Gasteiger partial charge in [0.25, 0.3) is 5.91 Å². The van der Waals surface area contributed by atoms with Gasteiger partial charge in [-0.25, -0.2) is 4.79 Å². The molecule has 0 aromatic carbocycles. The molecule has 0 aliphatic rings. The molecule has 3 N–H and O–H groups in total. The number of hydrogen-bond donors (Lipinski definition) is 3. The third-order valence-electron chi connectivity index (χ3n) is 1.09. The van der Waals surface area contributed by atoms with Gasteiger partial charge in [0.1, 0.15) is 5.57 Å². The highest BCUT2D eigenvalue weighted by molar-refractivity contribution is 6.14. The fraction of sp³-hybridized carbons (Fsp3) is 0.429. The molecular formula is C7H11NO4. The standard InChI is InChI=1S/C7H11NO4/c1-4(9)3-8-6(10)5(2)7(11)12/h4,9H,2-3H2,1H3,(H,8,10)(H,11,12). The van der Waals surface area contributed by atoms with Gasteiger partial charge in [-0.05, 0) is 6.92 Å². The van der Waals surface area contributed by atoms with Crippen molar-refractivity contribution in [1.82, 2.24) is 5.32 Å². The number of hydrogen-bond acceptors (Lipinski definition) is 3. The van der Waals surface area contributed by atoms with Crippen molar-refractivity contribution < 1.29 is 19.8 Å². The first-order valence-corrected chi connectivity index (χ1v) is 3.33. The summed E-state index contributed by atoms with van der Waals surface area (Å²) in [4.78, 5) is 20.9. The van der Waals surface area contributed by atoms with Gasteiger partial charge in [0, 0.05) is 6.54 Å². The largest absolute Gasteiger partial charge is 0.478 e. The predicted molar refractivity (Wildman–Crippen MR) is 41.5 cm³/mol. The van der Waals surface area contributed by atoms with Crippen LogP contribution in [0, 0.1) is 0 Å². The Labute approximate surface area is 69.7 Å². The van der Waals surface area contributed by atoms with Crippen LogP contribution in [0.3, 0.4) is 0 Å². The van der Waals surface area contributed by atoms with Crippen molar-refractivity contribution in [3.05, 3.63) is 12.2 Å². The number of aliphatic hydroxyl groups is 1. The van der Waals surface area contributed by atoms with E-state index in [1.807, 2.05) is 0 Å². The first kappa shape index (κ1) is 10.6. The highest BCUT2D eigenvalue weighted by atomic mass is 16.4. The van der Waals surface area contributed by atoms with Crippen molar-refractivity contribution in [3.63, 3.8) is 0 Å². The monoisotopic (exact) mass is 173 g/mol. The molecule has 1 atom stereocenters. The number of carboxylic acid groups (broad SMARTS) is 1. The van der Waals surface area contributed by atoms with Gasteiger partial charge < -0.3 is 15.5 Å². The third-order valence-corrected chi connectivity index (χ3v) is 1.09. The van der Waals surface area contributed by atoms with Crippen molar-refractivity contribution in [3.8, 4) is 0 Å². The van der Waals surface area contributed by atoms with Crippen LogP contribution in [0.4, 0.5) is 0 Å². The molecule has 1 unspecified atom stereocenters. The van der Waals surface area contributed by atoms with Crippen LogP contribution in [0.1, 0.15) is 6.92 Å². The van der Waals surface area contributed by atoms with E-state index in [1.54, 1.807) is 0 Å². The van der Waals surface area contributed by atoms with E-state index < -0.39 is 23.6 Å². The number of amides is 1. The lowest BCUT2D eigenvalue weighted by molar-refractivity contribution is -0.135. The molecule has 0 aromatic heterocycles. The van der Waals surface area contributed by atoms with Gasteiger partial charge in [0.15, 0.2) is 0 Å². The Bertz CT molecular complexity index is 209. The van der Waals surface area contributed by atoms with Crippen molar-refractivity contribution in [2.45, 2.75) is 13.0 Å². The molecule has 0 radical (unpaired) electrons. The maximum Gasteiger partial charge on any atom is 0.340 e. The molecule has 0 saturated heterocycles. The van der Waals surface area contributed by atoms with Gasteiger partial charge >= 0.3 is 5.97 Å². The highest BCUT2D eigenvalue weighted by Gasteiger charge is 2.13. The molecule has 0 bridgehead atoms. The molecule has 0 fully saturated rings. The molecule has 68 valence electrons. The number of nitrogens with one attached hydrogen (secondary N) is 1. The number of rotatable bonds is 4. The van der Waals surface area contributed by atoms with E-state index in [1.165, 1.54) is 6.92 Å². The second-order valence-electron chi connectivity index (χ2n) is 2.34. The van der Waals surface area contributed by atoms with Crippen molar-refractivity contribution in [2.24, 2.45) is 0 Å². The summed E-state index contributed by atoms with van der Waals surface area (Å²) in [6.07, 6.45) is -0.699. The summed E-state index contributed by atoms with van der Waals surface area (Å²) in [5.74, 6) is -2.14. The molecule has 0 rings (SSSR count). The molecule has 5 nitrogen and oxygen atoms in total. The summed E-state index contributed by atoms with van der Waals surface area (Å²) < 4.78 is 0. The van der Waals surface area contributed by atoms with E-state index in [-0.39, 0.29) is 6.54 Å². The SMILES string of the molecule is C=C(C(=O)O)C(=O)NCC(C)O. The second kappa shape index (κ2) is 4.50. The van der Waals surface area contributed by atoms with E-state index in [4.69, 9.17) is 10.2 Å². The number of carbonyl (C=O) groups is 2. The van der Waals surface area contributed by atoms with Gasteiger partial charge in [0.05, 0.1) is 6.10 Å². The van der Waals surface area contributed by atoms with E-state index in [2.05, 4.69) is 11.9 Å². The van der Waals surface area contributed by atoms with E-state index in [0.717, 1.165) is 0 Å². The Morgan fingerprint density at radius 2 is 2.08 bits per heavy atom. The lowest BCUT2D eigenvalue weighted by Gasteiger charge is -2.05. The number of aliphatic hydroxyl groups excluding tert-OH is 1. The fourth-order valence-corrected chi connectivity index (χ4v) is 0.444. The molecule has 0 saturated carbocycles. The fourth-order valence-electron chi connectivity index (χ4n) is 0.444. The normalized spacial score (nSPS) is 11.8. The zero-order valence-corrected chi connectivity index (χ0v) is 6.70. The summed E-state index contributed by atoms with van der Waals surface area (Å²) in [6, 6.07) is 0. The van der Waals surface area contributed by atoms with Crippen LogP contribution in [0.25, 0.3) is 0 Å². The van der Waals surface area contributed by atoms with Crippen LogP contribution in [-0.4, -0.2) is 34.7 Å². The molecule has 0 spiro atoms. The summed E-state index contributed by atoms with van der Waals surface area (Å²) in [5.41, 5.74) is -0.532. The Morgan fingerprint density at radius 3 is 2.42 bits per heavy atom. The molecule has 12 heavy (non-hydrogen) atoms. The molecule has 1 amide bonds. The summed E-state index contributed by atoms with van der Waals surface area (Å²) in [6.45, 7) is 4.53. The molecular weight excluding hydrogens is 162 g/mol. The third kappa shape index (κ3) is 3.72. The second-order valence-corrected chi connectivity index (χ2v) is 2.34. The smallest absolute Gasteiger partial charge is 0.340 e. The average Bonchev–Trinajstić information content (AvgIpc) is 1.98. The molecule has 0 heterocycles. The number of aliphatic carboxylic acids is 1. The minimum Gasteiger partial charge on any atom is -0.478 e.